The van der Waals surface area contributed by atoms with E-state index in [-0.39, 0.29) is 5.91 Å². The number of amides is 1. The van der Waals surface area contributed by atoms with E-state index in [2.05, 4.69) is 15.3 Å². The lowest BCUT2D eigenvalue weighted by molar-refractivity contribution is 0.0950. The summed E-state index contributed by atoms with van der Waals surface area (Å²) in [5.41, 5.74) is 2.88. The maximum atomic E-state index is 12.2. The van der Waals surface area contributed by atoms with Crippen molar-refractivity contribution >= 4 is 17.0 Å². The lowest BCUT2D eigenvalue weighted by atomic mass is 10.2. The molecule has 5 heteroatoms. The molecule has 0 unspecified atom stereocenters. The number of aromatic nitrogens is 2. The number of fused-ring (bicyclic) bond motifs is 1. The maximum Gasteiger partial charge on any atom is 0.251 e. The molecule has 1 aliphatic carbocycles. The number of oxazole rings is 1. The number of rotatable bonds is 4. The minimum atomic E-state index is -0.142. The molecule has 0 saturated heterocycles. The number of carbonyl (C=O) groups excluding carboxylic acids is 1. The summed E-state index contributed by atoms with van der Waals surface area (Å²) in [6, 6.07) is 11.0. The molecule has 3 aromatic rings. The predicted molar refractivity (Wildman–Crippen MR) is 81.4 cm³/mol. The molecule has 0 atom stereocenters. The predicted octanol–water partition coefficient (Wildman–Crippen LogP) is 3.03. The zero-order valence-electron chi connectivity index (χ0n) is 12.0. The molecule has 1 aliphatic rings. The van der Waals surface area contributed by atoms with Crippen LogP contribution < -0.4 is 5.32 Å². The van der Waals surface area contributed by atoms with Crippen molar-refractivity contribution in [2.75, 3.05) is 0 Å². The topological polar surface area (TPSA) is 68.0 Å². The smallest absolute Gasteiger partial charge is 0.251 e. The number of carbonyl (C=O) groups is 1. The van der Waals surface area contributed by atoms with Crippen LogP contribution in [-0.4, -0.2) is 15.9 Å². The summed E-state index contributed by atoms with van der Waals surface area (Å²) in [7, 11) is 0. The Labute approximate surface area is 127 Å². The fourth-order valence-electron chi connectivity index (χ4n) is 2.36. The summed E-state index contributed by atoms with van der Waals surface area (Å²) in [6.07, 6.45) is 4.00. The van der Waals surface area contributed by atoms with Gasteiger partial charge in [-0.05, 0) is 43.2 Å². The Hall–Kier alpha value is -2.69. The van der Waals surface area contributed by atoms with Gasteiger partial charge >= 0.3 is 0 Å². The monoisotopic (exact) mass is 293 g/mol. The van der Waals surface area contributed by atoms with Crippen molar-refractivity contribution in [2.45, 2.75) is 25.3 Å². The van der Waals surface area contributed by atoms with E-state index in [9.17, 15) is 4.79 Å². The molecule has 110 valence electrons. The number of nitrogens with one attached hydrogen (secondary N) is 1. The van der Waals surface area contributed by atoms with Crippen LogP contribution in [0.3, 0.4) is 0 Å². The first-order chi connectivity index (χ1) is 10.8. The highest BCUT2D eigenvalue weighted by atomic mass is 16.3. The Kier molecular flexibility index (Phi) is 3.11. The van der Waals surface area contributed by atoms with Crippen LogP contribution >= 0.6 is 0 Å². The van der Waals surface area contributed by atoms with Gasteiger partial charge in [0.1, 0.15) is 5.52 Å². The first kappa shape index (κ1) is 13.0. The summed E-state index contributed by atoms with van der Waals surface area (Å²) in [5, 5.41) is 2.86. The van der Waals surface area contributed by atoms with Gasteiger partial charge in [-0.25, -0.2) is 4.98 Å². The molecule has 1 aromatic carbocycles. The highest BCUT2D eigenvalue weighted by molar-refractivity contribution is 5.96. The van der Waals surface area contributed by atoms with Crippen molar-refractivity contribution < 1.29 is 9.21 Å². The molecule has 4 rings (SSSR count). The van der Waals surface area contributed by atoms with Crippen LogP contribution in [-0.2, 0) is 6.54 Å². The van der Waals surface area contributed by atoms with Gasteiger partial charge in [-0.3, -0.25) is 9.78 Å². The van der Waals surface area contributed by atoms with Crippen LogP contribution in [0.15, 0.2) is 47.0 Å². The summed E-state index contributed by atoms with van der Waals surface area (Å²) < 4.78 is 5.74. The van der Waals surface area contributed by atoms with Gasteiger partial charge in [0.05, 0.1) is 12.2 Å². The second kappa shape index (κ2) is 5.26. The second-order valence-corrected chi connectivity index (χ2v) is 5.51. The summed E-state index contributed by atoms with van der Waals surface area (Å²) >= 11 is 0. The third-order valence-corrected chi connectivity index (χ3v) is 3.75. The SMILES string of the molecule is O=C(NCc1ccccn1)c1ccc2nc(C3CC3)oc2c1. The standard InChI is InChI=1S/C17H15N3O2/c21-16(19-10-13-3-1-2-8-18-13)12-6-7-14-15(9-12)22-17(20-14)11-4-5-11/h1-3,6-9,11H,4-5,10H2,(H,19,21). The van der Waals surface area contributed by atoms with Gasteiger partial charge in [-0.15, -0.1) is 0 Å². The number of hydrogen-bond donors (Lipinski definition) is 1. The molecule has 0 radical (unpaired) electrons. The molecule has 0 spiro atoms. The average molecular weight is 293 g/mol. The molecule has 5 nitrogen and oxygen atoms in total. The van der Waals surface area contributed by atoms with Gasteiger partial charge in [0.15, 0.2) is 11.5 Å². The molecule has 1 fully saturated rings. The summed E-state index contributed by atoms with van der Waals surface area (Å²) in [5.74, 6) is 1.12. The van der Waals surface area contributed by atoms with E-state index in [1.54, 1.807) is 18.3 Å². The normalized spacial score (nSPS) is 14.2. The van der Waals surface area contributed by atoms with E-state index >= 15 is 0 Å². The van der Waals surface area contributed by atoms with Crippen LogP contribution in [0, 0.1) is 0 Å². The van der Waals surface area contributed by atoms with Gasteiger partial charge in [0.25, 0.3) is 5.91 Å². The first-order valence-corrected chi connectivity index (χ1v) is 7.38. The Morgan fingerprint density at radius 1 is 1.27 bits per heavy atom. The van der Waals surface area contributed by atoms with E-state index in [0.29, 0.717) is 23.6 Å². The third kappa shape index (κ3) is 2.57. The van der Waals surface area contributed by atoms with Crippen molar-refractivity contribution in [1.82, 2.24) is 15.3 Å². The average Bonchev–Trinajstić information content (AvgIpc) is 3.32. The van der Waals surface area contributed by atoms with Gasteiger partial charge in [-0.2, -0.15) is 0 Å². The molecule has 1 amide bonds. The lowest BCUT2D eigenvalue weighted by Crippen LogP contribution is -2.23. The molecule has 0 aliphatic heterocycles. The second-order valence-electron chi connectivity index (χ2n) is 5.51. The van der Waals surface area contributed by atoms with Crippen LogP contribution in [0.1, 0.15) is 40.7 Å². The van der Waals surface area contributed by atoms with Crippen molar-refractivity contribution in [3.63, 3.8) is 0 Å². The quantitative estimate of drug-likeness (QED) is 0.803. The zero-order chi connectivity index (χ0) is 14.9. The summed E-state index contributed by atoms with van der Waals surface area (Å²) in [4.78, 5) is 20.9. The Morgan fingerprint density at radius 2 is 2.18 bits per heavy atom. The van der Waals surface area contributed by atoms with Crippen LogP contribution in [0.4, 0.5) is 0 Å². The van der Waals surface area contributed by atoms with Gasteiger partial charge in [0, 0.05) is 17.7 Å². The molecular weight excluding hydrogens is 278 g/mol. The molecule has 2 heterocycles. The third-order valence-electron chi connectivity index (χ3n) is 3.75. The molecule has 22 heavy (non-hydrogen) atoms. The minimum absolute atomic E-state index is 0.142. The van der Waals surface area contributed by atoms with E-state index < -0.39 is 0 Å². The highest BCUT2D eigenvalue weighted by Gasteiger charge is 2.29. The Bertz CT molecular complexity index is 822. The number of nitrogens with zero attached hydrogens (tertiary/aromatic N) is 2. The molecule has 0 bridgehead atoms. The van der Waals surface area contributed by atoms with E-state index in [4.69, 9.17) is 4.42 Å². The van der Waals surface area contributed by atoms with Crippen molar-refractivity contribution in [3.05, 3.63) is 59.7 Å². The molecular formula is C17H15N3O2. The Morgan fingerprint density at radius 3 is 2.95 bits per heavy atom. The fraction of sp³-hybridized carbons (Fsp3) is 0.235. The van der Waals surface area contributed by atoms with Gasteiger partial charge < -0.3 is 9.73 Å². The van der Waals surface area contributed by atoms with Gasteiger partial charge in [0.2, 0.25) is 0 Å². The largest absolute Gasteiger partial charge is 0.440 e. The fourth-order valence-corrected chi connectivity index (χ4v) is 2.36. The first-order valence-electron chi connectivity index (χ1n) is 7.38. The zero-order valence-corrected chi connectivity index (χ0v) is 12.0. The molecule has 1 saturated carbocycles. The number of benzene rings is 1. The van der Waals surface area contributed by atoms with E-state index in [0.717, 1.165) is 29.9 Å². The van der Waals surface area contributed by atoms with E-state index in [1.165, 1.54) is 0 Å². The minimum Gasteiger partial charge on any atom is -0.440 e. The molecule has 2 aromatic heterocycles. The number of pyridine rings is 1. The van der Waals surface area contributed by atoms with Crippen LogP contribution in [0.5, 0.6) is 0 Å². The van der Waals surface area contributed by atoms with Crippen molar-refractivity contribution in [3.8, 4) is 0 Å². The van der Waals surface area contributed by atoms with Crippen molar-refractivity contribution in [1.29, 1.82) is 0 Å². The summed E-state index contributed by atoms with van der Waals surface area (Å²) in [6.45, 7) is 0.404. The van der Waals surface area contributed by atoms with Crippen LogP contribution in [0.25, 0.3) is 11.1 Å². The van der Waals surface area contributed by atoms with Crippen molar-refractivity contribution in [2.24, 2.45) is 0 Å². The highest BCUT2D eigenvalue weighted by Crippen LogP contribution is 2.40. The molecule has 1 N–H and O–H groups in total. The Balaban J connectivity index is 1.51. The number of hydrogen-bond acceptors (Lipinski definition) is 4. The maximum absolute atomic E-state index is 12.2. The van der Waals surface area contributed by atoms with Gasteiger partial charge in [-0.1, -0.05) is 6.07 Å². The van der Waals surface area contributed by atoms with E-state index in [1.807, 2.05) is 24.3 Å². The lowest BCUT2D eigenvalue weighted by Gasteiger charge is -2.04. The van der Waals surface area contributed by atoms with Crippen LogP contribution in [0.2, 0.25) is 0 Å².